The molecule has 0 bridgehead atoms. The summed E-state index contributed by atoms with van der Waals surface area (Å²) in [5, 5.41) is 0. The summed E-state index contributed by atoms with van der Waals surface area (Å²) in [7, 11) is 0. The lowest BCUT2D eigenvalue weighted by Gasteiger charge is -2.39. The van der Waals surface area contributed by atoms with Crippen LogP contribution in [-0.2, 0) is 16.1 Å². The summed E-state index contributed by atoms with van der Waals surface area (Å²) in [6, 6.07) is 18.4. The molecular formula is C22H26N2O3. The van der Waals surface area contributed by atoms with Crippen LogP contribution in [0.5, 0.6) is 5.75 Å². The van der Waals surface area contributed by atoms with Gasteiger partial charge >= 0.3 is 5.97 Å². The molecule has 0 atom stereocenters. The van der Waals surface area contributed by atoms with Crippen molar-refractivity contribution in [3.05, 3.63) is 60.2 Å². The molecule has 5 heteroatoms. The molecule has 1 saturated heterocycles. The maximum absolute atomic E-state index is 11.6. The Hall–Kier alpha value is -2.82. The second-order valence-electron chi connectivity index (χ2n) is 6.94. The van der Waals surface area contributed by atoms with Crippen LogP contribution in [-0.4, -0.2) is 35.9 Å². The van der Waals surface area contributed by atoms with Crippen molar-refractivity contribution in [1.29, 1.82) is 0 Å². The van der Waals surface area contributed by atoms with E-state index in [1.54, 1.807) is 6.92 Å². The quantitative estimate of drug-likeness (QED) is 0.599. The third-order valence-corrected chi connectivity index (χ3v) is 4.98. The standard InChI is InChI=1S/C22H26N2O3/c1-17(25)23-14-12-21(13-15-23)24(16-19-6-4-3-5-7-19)20-8-10-22(11-9-20)27-18(2)26/h3-11,21H,12-16H2,1-2H3. The van der Waals surface area contributed by atoms with Crippen molar-refractivity contribution in [1.82, 2.24) is 4.90 Å². The average Bonchev–Trinajstić information content (AvgIpc) is 2.67. The lowest BCUT2D eigenvalue weighted by molar-refractivity contribution is -0.132. The summed E-state index contributed by atoms with van der Waals surface area (Å²) in [4.78, 5) is 27.1. The van der Waals surface area contributed by atoms with E-state index in [1.165, 1.54) is 12.5 Å². The van der Waals surface area contributed by atoms with Gasteiger partial charge in [-0.15, -0.1) is 0 Å². The zero-order valence-corrected chi connectivity index (χ0v) is 15.9. The van der Waals surface area contributed by atoms with E-state index >= 15 is 0 Å². The fourth-order valence-electron chi connectivity index (χ4n) is 3.58. The van der Waals surface area contributed by atoms with Crippen molar-refractivity contribution in [3.8, 4) is 5.75 Å². The van der Waals surface area contributed by atoms with Crippen LogP contribution in [0.15, 0.2) is 54.6 Å². The number of hydrogen-bond donors (Lipinski definition) is 0. The third kappa shape index (κ3) is 5.09. The zero-order valence-electron chi connectivity index (χ0n) is 15.9. The van der Waals surface area contributed by atoms with Crippen LogP contribution in [0.3, 0.4) is 0 Å². The summed E-state index contributed by atoms with van der Waals surface area (Å²) >= 11 is 0. The highest BCUT2D eigenvalue weighted by Crippen LogP contribution is 2.28. The van der Waals surface area contributed by atoms with Crippen molar-refractivity contribution in [2.24, 2.45) is 0 Å². The first kappa shape index (κ1) is 19.0. The highest BCUT2D eigenvalue weighted by molar-refractivity contribution is 5.73. The Morgan fingerprint density at radius 3 is 2.19 bits per heavy atom. The number of rotatable bonds is 5. The summed E-state index contributed by atoms with van der Waals surface area (Å²) < 4.78 is 5.15. The molecule has 2 aromatic rings. The molecular weight excluding hydrogens is 340 g/mol. The number of anilines is 1. The van der Waals surface area contributed by atoms with Crippen LogP contribution in [0.4, 0.5) is 5.69 Å². The fourth-order valence-corrected chi connectivity index (χ4v) is 3.58. The molecule has 1 aliphatic rings. The number of hydrogen-bond acceptors (Lipinski definition) is 4. The van der Waals surface area contributed by atoms with Crippen LogP contribution in [0.25, 0.3) is 0 Å². The van der Waals surface area contributed by atoms with Gasteiger partial charge in [0.1, 0.15) is 5.75 Å². The fraction of sp³-hybridized carbons (Fsp3) is 0.364. The highest BCUT2D eigenvalue weighted by atomic mass is 16.5. The normalized spacial score (nSPS) is 14.7. The molecule has 0 unspecified atom stereocenters. The molecule has 27 heavy (non-hydrogen) atoms. The van der Waals surface area contributed by atoms with E-state index in [-0.39, 0.29) is 11.9 Å². The van der Waals surface area contributed by atoms with Crippen molar-refractivity contribution in [2.45, 2.75) is 39.3 Å². The molecule has 5 nitrogen and oxygen atoms in total. The molecule has 3 rings (SSSR count). The minimum absolute atomic E-state index is 0.147. The molecule has 1 heterocycles. The highest BCUT2D eigenvalue weighted by Gasteiger charge is 2.26. The van der Waals surface area contributed by atoms with Gasteiger partial charge < -0.3 is 14.5 Å². The third-order valence-electron chi connectivity index (χ3n) is 4.98. The van der Waals surface area contributed by atoms with Gasteiger partial charge in [-0.1, -0.05) is 30.3 Å². The molecule has 0 saturated carbocycles. The van der Waals surface area contributed by atoms with Gasteiger partial charge in [-0.2, -0.15) is 0 Å². The van der Waals surface area contributed by atoms with Crippen molar-refractivity contribution in [2.75, 3.05) is 18.0 Å². The van der Waals surface area contributed by atoms with Crippen LogP contribution in [0.1, 0.15) is 32.3 Å². The number of carbonyl (C=O) groups excluding carboxylic acids is 2. The number of benzene rings is 2. The first-order chi connectivity index (χ1) is 13.0. The minimum atomic E-state index is -0.319. The second-order valence-corrected chi connectivity index (χ2v) is 6.94. The summed E-state index contributed by atoms with van der Waals surface area (Å²) in [5.74, 6) is 0.381. The van der Waals surface area contributed by atoms with Crippen molar-refractivity contribution < 1.29 is 14.3 Å². The number of carbonyl (C=O) groups is 2. The Bertz CT molecular complexity index is 766. The van der Waals surface area contributed by atoms with Gasteiger partial charge in [0.2, 0.25) is 5.91 Å². The summed E-state index contributed by atoms with van der Waals surface area (Å²) in [6.07, 6.45) is 1.89. The smallest absolute Gasteiger partial charge is 0.308 e. The molecule has 0 aliphatic carbocycles. The van der Waals surface area contributed by atoms with E-state index in [4.69, 9.17) is 4.74 Å². The van der Waals surface area contributed by atoms with E-state index in [9.17, 15) is 9.59 Å². The zero-order chi connectivity index (χ0) is 19.2. The molecule has 1 amide bonds. The van der Waals surface area contributed by atoms with Crippen LogP contribution >= 0.6 is 0 Å². The number of esters is 1. The number of nitrogens with zero attached hydrogens (tertiary/aromatic N) is 2. The number of ether oxygens (including phenoxy) is 1. The Morgan fingerprint density at radius 1 is 1.00 bits per heavy atom. The lowest BCUT2D eigenvalue weighted by atomic mass is 10.0. The van der Waals surface area contributed by atoms with E-state index in [0.29, 0.717) is 11.8 Å². The van der Waals surface area contributed by atoms with Crippen LogP contribution < -0.4 is 9.64 Å². The van der Waals surface area contributed by atoms with Crippen LogP contribution in [0, 0.1) is 0 Å². The van der Waals surface area contributed by atoms with E-state index in [1.807, 2.05) is 35.2 Å². The van der Waals surface area contributed by atoms with Gasteiger partial charge in [0, 0.05) is 45.2 Å². The number of likely N-dealkylation sites (tertiary alicyclic amines) is 1. The topological polar surface area (TPSA) is 49.9 Å². The second kappa shape index (κ2) is 8.71. The number of piperidine rings is 1. The van der Waals surface area contributed by atoms with E-state index < -0.39 is 0 Å². The average molecular weight is 366 g/mol. The maximum atomic E-state index is 11.6. The SMILES string of the molecule is CC(=O)Oc1ccc(N(Cc2ccccc2)C2CCN(C(C)=O)CC2)cc1. The minimum Gasteiger partial charge on any atom is -0.427 e. The number of amides is 1. The van der Waals surface area contributed by atoms with Gasteiger partial charge in [0.05, 0.1) is 0 Å². The predicted octanol–water partition coefficient (Wildman–Crippen LogP) is 3.63. The maximum Gasteiger partial charge on any atom is 0.308 e. The van der Waals surface area contributed by atoms with Crippen molar-refractivity contribution in [3.63, 3.8) is 0 Å². The van der Waals surface area contributed by atoms with Gasteiger partial charge in [-0.05, 0) is 42.7 Å². The van der Waals surface area contributed by atoms with E-state index in [0.717, 1.165) is 38.2 Å². The molecule has 0 N–H and O–H groups in total. The molecule has 0 radical (unpaired) electrons. The largest absolute Gasteiger partial charge is 0.427 e. The summed E-state index contributed by atoms with van der Waals surface area (Å²) in [6.45, 7) is 5.42. The van der Waals surface area contributed by atoms with Crippen LogP contribution in [0.2, 0.25) is 0 Å². The Morgan fingerprint density at radius 2 is 1.63 bits per heavy atom. The first-order valence-corrected chi connectivity index (χ1v) is 9.37. The van der Waals surface area contributed by atoms with Crippen molar-refractivity contribution >= 4 is 17.6 Å². The Kier molecular flexibility index (Phi) is 6.12. The lowest BCUT2D eigenvalue weighted by Crippen LogP contribution is -2.46. The molecule has 1 aliphatic heterocycles. The summed E-state index contributed by atoms with van der Waals surface area (Å²) in [5.41, 5.74) is 2.34. The Labute approximate surface area is 160 Å². The molecule has 1 fully saturated rings. The van der Waals surface area contributed by atoms with Gasteiger partial charge in [0.15, 0.2) is 0 Å². The first-order valence-electron chi connectivity index (χ1n) is 9.37. The predicted molar refractivity (Wildman–Crippen MR) is 106 cm³/mol. The van der Waals surface area contributed by atoms with Gasteiger partial charge in [-0.3, -0.25) is 9.59 Å². The molecule has 142 valence electrons. The monoisotopic (exact) mass is 366 g/mol. The molecule has 2 aromatic carbocycles. The molecule has 0 spiro atoms. The van der Waals surface area contributed by atoms with Gasteiger partial charge in [0.25, 0.3) is 0 Å². The van der Waals surface area contributed by atoms with E-state index in [2.05, 4.69) is 29.2 Å². The van der Waals surface area contributed by atoms with Gasteiger partial charge in [-0.25, -0.2) is 0 Å². The molecule has 0 aromatic heterocycles. The Balaban J connectivity index is 1.79.